The first kappa shape index (κ1) is 64.0. The number of benzene rings is 4. The van der Waals surface area contributed by atoms with Gasteiger partial charge in [-0.25, -0.2) is 5.10 Å². The summed E-state index contributed by atoms with van der Waals surface area (Å²) in [6.07, 6.45) is 26.7. The molecule has 0 aliphatic rings. The van der Waals surface area contributed by atoms with Crippen LogP contribution in [-0.4, -0.2) is 48.6 Å². The minimum atomic E-state index is 0. The molecule has 0 radical (unpaired) electrons. The van der Waals surface area contributed by atoms with Gasteiger partial charge in [0.2, 0.25) is 0 Å². The number of aromatic nitrogens is 10. The van der Waals surface area contributed by atoms with E-state index in [1.165, 1.54) is 55.9 Å². The number of para-hydroxylation sites is 4. The van der Waals surface area contributed by atoms with Crippen molar-refractivity contribution in [2.24, 2.45) is 0 Å². The molecular weight excluding hydrogens is 1710 g/mol. The summed E-state index contributed by atoms with van der Waals surface area (Å²) in [7, 11) is 0. The van der Waals surface area contributed by atoms with E-state index in [2.05, 4.69) is 198 Å². The number of hydrogen-bond donors (Lipinski definition) is 0. The molecule has 0 amide bonds. The molecule has 80 heavy (non-hydrogen) atoms. The molecule has 12 rings (SSSR count). The Hall–Kier alpha value is -6.79. The van der Waals surface area contributed by atoms with Crippen LogP contribution in [-0.2, 0) is 84.3 Å². The maximum atomic E-state index is 4.41. The molecule has 8 aromatic heterocycles. The second kappa shape index (κ2) is 30.7. The summed E-state index contributed by atoms with van der Waals surface area (Å²) in [4.78, 5) is 17.3. The molecule has 0 saturated carbocycles. The molecule has 0 fully saturated rings. The third-order valence-corrected chi connectivity index (χ3v) is 12.8. The number of aryl methyl sites for hydroxylation is 8. The van der Waals surface area contributed by atoms with Crippen molar-refractivity contribution in [2.75, 3.05) is 0 Å². The average molecular weight is 1770 g/mol. The first-order valence-corrected chi connectivity index (χ1v) is 25.1. The fourth-order valence-corrected chi connectivity index (χ4v) is 9.09. The van der Waals surface area contributed by atoms with Gasteiger partial charge in [0.15, 0.2) is 0 Å². The minimum absolute atomic E-state index is 0. The van der Waals surface area contributed by atoms with Gasteiger partial charge in [-0.1, -0.05) is 179 Å². The van der Waals surface area contributed by atoms with Crippen molar-refractivity contribution in [3.63, 3.8) is 0 Å². The van der Waals surface area contributed by atoms with Gasteiger partial charge in [-0.3, -0.25) is 10.1 Å². The Bertz CT molecular complexity index is 3230. The van der Waals surface area contributed by atoms with Crippen LogP contribution in [0.3, 0.4) is 0 Å². The molecule has 0 aliphatic carbocycles. The molecule has 14 heteroatoms. The van der Waals surface area contributed by atoms with E-state index in [-0.39, 0.29) is 84.3 Å². The zero-order valence-corrected chi connectivity index (χ0v) is 54.5. The molecular formula is C66H58N10Pt4-4. The van der Waals surface area contributed by atoms with Gasteiger partial charge in [0.25, 0.3) is 0 Å². The molecule has 4 aromatic carbocycles. The number of nitrogens with zero attached hydrogens (tertiary/aromatic N) is 10. The first-order valence-electron chi connectivity index (χ1n) is 25.1. The quantitative estimate of drug-likeness (QED) is 0.141. The fraction of sp³-hybridized carbons (Fsp3) is 0.121. The van der Waals surface area contributed by atoms with Gasteiger partial charge < -0.3 is 33.4 Å². The maximum absolute atomic E-state index is 4.41. The maximum Gasteiger partial charge on any atom is 0.0553 e. The molecule has 0 N–H and O–H groups in total. The predicted molar refractivity (Wildman–Crippen MR) is 305 cm³/mol. The van der Waals surface area contributed by atoms with Crippen molar-refractivity contribution in [1.29, 1.82) is 0 Å². The molecule has 0 atom stereocenters. The van der Waals surface area contributed by atoms with Crippen molar-refractivity contribution in [3.8, 4) is 67.8 Å². The average Bonchev–Trinajstić information content (AvgIpc) is 4.31. The Morgan fingerprint density at radius 1 is 0.362 bits per heavy atom. The van der Waals surface area contributed by atoms with Crippen LogP contribution in [0.15, 0.2) is 207 Å². The van der Waals surface area contributed by atoms with Gasteiger partial charge in [0.05, 0.1) is 5.69 Å². The van der Waals surface area contributed by atoms with Crippen LogP contribution >= 0.6 is 0 Å². The predicted octanol–water partition coefficient (Wildman–Crippen LogP) is 14.6. The summed E-state index contributed by atoms with van der Waals surface area (Å²) in [6, 6.07) is 53.9. The molecule has 8 heterocycles. The van der Waals surface area contributed by atoms with E-state index >= 15 is 0 Å². The Morgan fingerprint density at radius 2 is 0.775 bits per heavy atom. The van der Waals surface area contributed by atoms with Gasteiger partial charge in [0, 0.05) is 120 Å². The van der Waals surface area contributed by atoms with Crippen LogP contribution in [0.25, 0.3) is 67.8 Å². The van der Waals surface area contributed by atoms with Crippen LogP contribution in [0.2, 0.25) is 0 Å². The molecule has 0 unspecified atom stereocenters. The number of hydrogen-bond acceptors (Lipinski definition) is 6. The summed E-state index contributed by atoms with van der Waals surface area (Å²) < 4.78 is 7.84. The molecule has 0 aliphatic heterocycles. The van der Waals surface area contributed by atoms with Crippen molar-refractivity contribution < 1.29 is 84.3 Å². The summed E-state index contributed by atoms with van der Waals surface area (Å²) in [6.45, 7) is 16.8. The van der Waals surface area contributed by atoms with E-state index in [4.69, 9.17) is 0 Å². The minimum Gasteiger partial charge on any atom is -0.423 e. The normalized spacial score (nSPS) is 10.1. The van der Waals surface area contributed by atoms with Crippen molar-refractivity contribution in [3.05, 3.63) is 277 Å². The van der Waals surface area contributed by atoms with Gasteiger partial charge >= 0.3 is 0 Å². The Balaban J connectivity index is 0.000000193. The van der Waals surface area contributed by atoms with Crippen LogP contribution in [0.1, 0.15) is 44.5 Å². The molecule has 10 nitrogen and oxygen atoms in total. The second-order valence-electron chi connectivity index (χ2n) is 18.4. The van der Waals surface area contributed by atoms with Gasteiger partial charge in [0.1, 0.15) is 0 Å². The van der Waals surface area contributed by atoms with E-state index in [1.54, 1.807) is 35.7 Å². The second-order valence-corrected chi connectivity index (χ2v) is 18.4. The van der Waals surface area contributed by atoms with Gasteiger partial charge in [-0.05, 0) is 155 Å². The summed E-state index contributed by atoms with van der Waals surface area (Å²) in [5.74, 6) is 0. The molecule has 0 bridgehead atoms. The van der Waals surface area contributed by atoms with Crippen molar-refractivity contribution in [2.45, 2.75) is 55.4 Å². The monoisotopic (exact) mass is 1770 g/mol. The Kier molecular flexibility index (Phi) is 24.6. The van der Waals surface area contributed by atoms with Gasteiger partial charge in [-0.15, -0.1) is 17.2 Å². The summed E-state index contributed by atoms with van der Waals surface area (Å²) in [5.41, 5.74) is 21.9. The molecule has 0 saturated heterocycles. The standard InChI is InChI=1S/2C17H15N2.2C16H14N3.4Pt/c2*1-13-6-5-7-14(2)17(13)19-11-9-15(12-19)16-8-3-4-10-18-16;2*1-12-6-5-7-13(2)16(12)19-11-14(10-18-19)15-8-3-4-9-17-15;;;;/h3-8,10-12H,1-2H3;3-11H,1-2H3;3-9,11H,1-2H3;3-10H,1-2H3;;;;/q4*-1;;;;. The fourth-order valence-electron chi connectivity index (χ4n) is 9.09. The molecule has 0 spiro atoms. The zero-order chi connectivity index (χ0) is 53.0. The Morgan fingerprint density at radius 3 is 1.24 bits per heavy atom. The topological polar surface area (TPSA) is 97.1 Å². The smallest absolute Gasteiger partial charge is 0.0553 e. The largest absolute Gasteiger partial charge is 0.423 e. The SMILES string of the molecule is Cc1cccc(C)c1-n1[c-]c(-c2ccccn2)cc1.Cc1cccc(C)c1-n1[c-]c(-c2ccccn2)cn1.Cc1cccc(C)c1-n1c[c-]c(-c2ccccn2)c1.Cc1cccc(C)c1-n1cc(-c2ccccn2)[c-]n1.[Pt].[Pt].[Pt].[Pt]. The molecule has 12 aromatic rings. The van der Waals surface area contributed by atoms with E-state index in [1.807, 2.05) is 102 Å². The third-order valence-electron chi connectivity index (χ3n) is 12.8. The third kappa shape index (κ3) is 15.8. The number of rotatable bonds is 8. The van der Waals surface area contributed by atoms with Crippen LogP contribution in [0.5, 0.6) is 0 Å². The van der Waals surface area contributed by atoms with E-state index in [9.17, 15) is 0 Å². The first-order chi connectivity index (χ1) is 37.0. The summed E-state index contributed by atoms with van der Waals surface area (Å²) in [5, 5.41) is 8.74. The Labute approximate surface area is 527 Å². The van der Waals surface area contributed by atoms with Crippen LogP contribution < -0.4 is 0 Å². The van der Waals surface area contributed by atoms with E-state index < -0.39 is 0 Å². The number of pyridine rings is 4. The zero-order valence-electron chi connectivity index (χ0n) is 45.4. The van der Waals surface area contributed by atoms with Crippen molar-refractivity contribution >= 4 is 0 Å². The van der Waals surface area contributed by atoms with E-state index in [0.29, 0.717) is 0 Å². The van der Waals surface area contributed by atoms with Crippen LogP contribution in [0.4, 0.5) is 0 Å². The van der Waals surface area contributed by atoms with Gasteiger partial charge in [-0.2, -0.15) is 6.07 Å². The van der Waals surface area contributed by atoms with Crippen LogP contribution in [0, 0.1) is 80.0 Å². The van der Waals surface area contributed by atoms with Crippen molar-refractivity contribution in [1.82, 2.24) is 48.6 Å². The molecule has 416 valence electrons. The van der Waals surface area contributed by atoms with E-state index in [0.717, 1.165) is 56.4 Å². The summed E-state index contributed by atoms with van der Waals surface area (Å²) >= 11 is 0.